The van der Waals surface area contributed by atoms with Crippen molar-refractivity contribution in [2.24, 2.45) is 0 Å². The van der Waals surface area contributed by atoms with Gasteiger partial charge in [-0.2, -0.15) is 5.26 Å². The second-order valence-corrected chi connectivity index (χ2v) is 5.17. The molecule has 0 aliphatic rings. The Bertz CT molecular complexity index is 817. The third-order valence-electron chi connectivity index (χ3n) is 3.18. The van der Waals surface area contributed by atoms with Gasteiger partial charge in [0.05, 0.1) is 26.8 Å². The summed E-state index contributed by atoms with van der Waals surface area (Å²) in [6.07, 6.45) is 0. The van der Waals surface area contributed by atoms with Gasteiger partial charge < -0.3 is 10.6 Å². The Morgan fingerprint density at radius 2 is 2.00 bits per heavy atom. The van der Waals surface area contributed by atoms with Crippen LogP contribution in [-0.2, 0) is 0 Å². The lowest BCUT2D eigenvalue weighted by atomic mass is 10.1. The van der Waals surface area contributed by atoms with Gasteiger partial charge in [0.2, 0.25) is 0 Å². The van der Waals surface area contributed by atoms with Crippen molar-refractivity contribution in [3.63, 3.8) is 0 Å². The maximum absolute atomic E-state index is 12.0. The predicted molar refractivity (Wildman–Crippen MR) is 90.1 cm³/mol. The number of carbonyl (C=O) groups excluding carboxylic acids is 1. The molecule has 24 heavy (non-hydrogen) atoms. The van der Waals surface area contributed by atoms with Crippen molar-refractivity contribution >= 4 is 28.9 Å². The van der Waals surface area contributed by atoms with Crippen molar-refractivity contribution in [1.29, 1.82) is 5.26 Å². The molecule has 122 valence electrons. The lowest BCUT2D eigenvalue weighted by Crippen LogP contribution is -2.29. The summed E-state index contributed by atoms with van der Waals surface area (Å²) < 4.78 is 0. The number of nitrogens with one attached hydrogen (secondary N) is 2. The summed E-state index contributed by atoms with van der Waals surface area (Å²) >= 11 is 5.94. The van der Waals surface area contributed by atoms with E-state index in [1.807, 2.05) is 6.07 Å². The second-order valence-electron chi connectivity index (χ2n) is 4.76. The zero-order valence-electron chi connectivity index (χ0n) is 12.5. The van der Waals surface area contributed by atoms with E-state index in [9.17, 15) is 14.9 Å². The van der Waals surface area contributed by atoms with Gasteiger partial charge in [-0.05, 0) is 18.2 Å². The first-order valence-electron chi connectivity index (χ1n) is 6.98. The minimum absolute atomic E-state index is 0.149. The summed E-state index contributed by atoms with van der Waals surface area (Å²) in [7, 11) is 0. The fraction of sp³-hybridized carbons (Fsp3) is 0.125. The summed E-state index contributed by atoms with van der Waals surface area (Å²) in [5, 5.41) is 25.8. The van der Waals surface area contributed by atoms with Crippen molar-refractivity contribution in [3.8, 4) is 6.07 Å². The maximum atomic E-state index is 12.0. The number of carbonyl (C=O) groups is 1. The molecule has 0 spiro atoms. The van der Waals surface area contributed by atoms with E-state index in [0.29, 0.717) is 29.4 Å². The smallest absolute Gasteiger partial charge is 0.270 e. The van der Waals surface area contributed by atoms with Crippen molar-refractivity contribution in [2.45, 2.75) is 0 Å². The molecular formula is C16H13ClN4O3. The standard InChI is InChI=1S/C16H13ClN4O3/c17-14-4-2-1-3-13(14)16(22)20-8-7-19-15-6-5-12(21(23)24)9-11(15)10-18/h1-6,9,19H,7-8H2,(H,20,22). The van der Waals surface area contributed by atoms with Crippen LogP contribution in [0.15, 0.2) is 42.5 Å². The third-order valence-corrected chi connectivity index (χ3v) is 3.51. The molecule has 0 saturated heterocycles. The number of benzene rings is 2. The molecule has 1 amide bonds. The molecule has 0 radical (unpaired) electrons. The number of nitriles is 1. The zero-order valence-corrected chi connectivity index (χ0v) is 13.2. The molecule has 0 unspecified atom stereocenters. The highest BCUT2D eigenvalue weighted by atomic mass is 35.5. The number of nitro benzene ring substituents is 1. The van der Waals surface area contributed by atoms with Crippen LogP contribution in [0.1, 0.15) is 15.9 Å². The minimum atomic E-state index is -0.561. The highest BCUT2D eigenvalue weighted by Crippen LogP contribution is 2.21. The second kappa shape index (κ2) is 7.94. The monoisotopic (exact) mass is 344 g/mol. The average Bonchev–Trinajstić information content (AvgIpc) is 2.58. The van der Waals surface area contributed by atoms with Gasteiger partial charge in [0, 0.05) is 25.2 Å². The molecule has 2 N–H and O–H groups in total. The van der Waals surface area contributed by atoms with Crippen LogP contribution in [-0.4, -0.2) is 23.9 Å². The number of hydrogen-bond donors (Lipinski definition) is 2. The molecule has 2 aromatic rings. The van der Waals surface area contributed by atoms with Gasteiger partial charge in [0.25, 0.3) is 11.6 Å². The van der Waals surface area contributed by atoms with Gasteiger partial charge in [-0.1, -0.05) is 23.7 Å². The Kier molecular flexibility index (Phi) is 5.71. The fourth-order valence-corrected chi connectivity index (χ4v) is 2.23. The maximum Gasteiger partial charge on any atom is 0.270 e. The van der Waals surface area contributed by atoms with E-state index in [-0.39, 0.29) is 17.2 Å². The van der Waals surface area contributed by atoms with Crippen molar-refractivity contribution in [3.05, 3.63) is 68.7 Å². The minimum Gasteiger partial charge on any atom is -0.382 e. The quantitative estimate of drug-likeness (QED) is 0.476. The summed E-state index contributed by atoms with van der Waals surface area (Å²) in [6.45, 7) is 0.647. The van der Waals surface area contributed by atoms with E-state index in [0.717, 1.165) is 0 Å². The molecule has 0 heterocycles. The molecular weight excluding hydrogens is 332 g/mol. The number of rotatable bonds is 6. The van der Waals surface area contributed by atoms with Crippen LogP contribution in [0, 0.1) is 21.4 Å². The average molecular weight is 345 g/mol. The third kappa shape index (κ3) is 4.21. The largest absolute Gasteiger partial charge is 0.382 e. The van der Waals surface area contributed by atoms with Crippen LogP contribution in [0.5, 0.6) is 0 Å². The lowest BCUT2D eigenvalue weighted by Gasteiger charge is -2.10. The Balaban J connectivity index is 1.91. The molecule has 0 aliphatic heterocycles. The first-order chi connectivity index (χ1) is 11.5. The van der Waals surface area contributed by atoms with Crippen molar-refractivity contribution < 1.29 is 9.72 Å². The Hall–Kier alpha value is -3.11. The van der Waals surface area contributed by atoms with Crippen LogP contribution in [0.25, 0.3) is 0 Å². The van der Waals surface area contributed by atoms with E-state index < -0.39 is 4.92 Å². The zero-order chi connectivity index (χ0) is 17.5. The number of hydrogen-bond acceptors (Lipinski definition) is 5. The fourth-order valence-electron chi connectivity index (χ4n) is 2.01. The molecule has 0 bridgehead atoms. The SMILES string of the molecule is N#Cc1cc([N+](=O)[O-])ccc1NCCNC(=O)c1ccccc1Cl. The predicted octanol–water partition coefficient (Wildman–Crippen LogP) is 2.96. The van der Waals surface area contributed by atoms with Gasteiger partial charge in [-0.25, -0.2) is 0 Å². The van der Waals surface area contributed by atoms with Crippen LogP contribution < -0.4 is 10.6 Å². The Morgan fingerprint density at radius 1 is 1.25 bits per heavy atom. The summed E-state index contributed by atoms with van der Waals surface area (Å²) in [6, 6.07) is 12.6. The van der Waals surface area contributed by atoms with E-state index in [1.165, 1.54) is 18.2 Å². The van der Waals surface area contributed by atoms with E-state index in [1.54, 1.807) is 24.3 Å². The number of amides is 1. The molecule has 0 saturated carbocycles. The van der Waals surface area contributed by atoms with Crippen LogP contribution in [0.2, 0.25) is 5.02 Å². The van der Waals surface area contributed by atoms with Gasteiger partial charge in [0.1, 0.15) is 6.07 Å². The summed E-state index contributed by atoms with van der Waals surface area (Å²) in [4.78, 5) is 22.1. The van der Waals surface area contributed by atoms with E-state index in [4.69, 9.17) is 16.9 Å². The van der Waals surface area contributed by atoms with E-state index >= 15 is 0 Å². The molecule has 7 nitrogen and oxygen atoms in total. The normalized spacial score (nSPS) is 9.83. The highest BCUT2D eigenvalue weighted by Gasteiger charge is 2.11. The Labute approximate surface area is 143 Å². The first kappa shape index (κ1) is 17.2. The Morgan fingerprint density at radius 3 is 2.67 bits per heavy atom. The summed E-state index contributed by atoms with van der Waals surface area (Å²) in [5.41, 5.74) is 0.869. The number of halogens is 1. The van der Waals surface area contributed by atoms with Crippen LogP contribution in [0.4, 0.5) is 11.4 Å². The number of nitrogens with zero attached hydrogens (tertiary/aromatic N) is 2. The molecule has 8 heteroatoms. The summed E-state index contributed by atoms with van der Waals surface area (Å²) in [5.74, 6) is -0.299. The van der Waals surface area contributed by atoms with Gasteiger partial charge in [-0.3, -0.25) is 14.9 Å². The molecule has 0 fully saturated rings. The van der Waals surface area contributed by atoms with E-state index in [2.05, 4.69) is 10.6 Å². The molecule has 0 aromatic heterocycles. The van der Waals surface area contributed by atoms with Crippen molar-refractivity contribution in [2.75, 3.05) is 18.4 Å². The van der Waals surface area contributed by atoms with Gasteiger partial charge in [-0.15, -0.1) is 0 Å². The van der Waals surface area contributed by atoms with Crippen LogP contribution >= 0.6 is 11.6 Å². The van der Waals surface area contributed by atoms with Gasteiger partial charge in [0.15, 0.2) is 0 Å². The highest BCUT2D eigenvalue weighted by molar-refractivity contribution is 6.33. The topological polar surface area (TPSA) is 108 Å². The first-order valence-corrected chi connectivity index (χ1v) is 7.36. The number of nitro groups is 1. The van der Waals surface area contributed by atoms with Crippen molar-refractivity contribution in [1.82, 2.24) is 5.32 Å². The molecule has 0 atom stereocenters. The van der Waals surface area contributed by atoms with Crippen LogP contribution in [0.3, 0.4) is 0 Å². The molecule has 2 rings (SSSR count). The number of non-ortho nitro benzene ring substituents is 1. The molecule has 2 aromatic carbocycles. The van der Waals surface area contributed by atoms with Gasteiger partial charge >= 0.3 is 0 Å². The number of anilines is 1. The lowest BCUT2D eigenvalue weighted by molar-refractivity contribution is -0.384. The molecule has 0 aliphatic carbocycles.